The summed E-state index contributed by atoms with van der Waals surface area (Å²) >= 11 is 0. The molecule has 0 bridgehead atoms. The van der Waals surface area contributed by atoms with Crippen molar-refractivity contribution in [3.8, 4) is 0 Å². The topological polar surface area (TPSA) is 89.4 Å². The lowest BCUT2D eigenvalue weighted by atomic mass is 10.1. The number of hydrogen-bond acceptors (Lipinski definition) is 3. The number of rotatable bonds is 1. The van der Waals surface area contributed by atoms with Gasteiger partial charge in [-0.2, -0.15) is 0 Å². The van der Waals surface area contributed by atoms with Gasteiger partial charge in [-0.3, -0.25) is 25.3 Å². The summed E-state index contributed by atoms with van der Waals surface area (Å²) in [5.41, 5.74) is 10.6. The van der Waals surface area contributed by atoms with Gasteiger partial charge >= 0.3 is 0 Å². The quantitative estimate of drug-likeness (QED) is 0.556. The number of nitrogens with zero attached hydrogens (tertiary/aromatic N) is 1. The zero-order valence-electron chi connectivity index (χ0n) is 7.06. The number of Topliss-reactive ketones (excluding diaryl/α,β-unsaturated/α-hetero) is 1. The van der Waals surface area contributed by atoms with E-state index in [-0.39, 0.29) is 12.2 Å². The zero-order valence-corrected chi connectivity index (χ0v) is 7.96. The monoisotopic (exact) mass is 191 g/mol. The van der Waals surface area contributed by atoms with Crippen LogP contribution in [-0.2, 0) is 9.36 Å². The van der Waals surface area contributed by atoms with E-state index >= 15 is 0 Å². The maximum atomic E-state index is 11.3. The molecule has 0 aliphatic carbocycles. The first kappa shape index (κ1) is 9.86. The van der Waals surface area contributed by atoms with Crippen LogP contribution in [0.2, 0.25) is 0 Å². The third-order valence-electron chi connectivity index (χ3n) is 2.13. The number of ketones is 1. The summed E-state index contributed by atoms with van der Waals surface area (Å²) in [4.78, 5) is 12.8. The van der Waals surface area contributed by atoms with Gasteiger partial charge in [-0.1, -0.05) is 0 Å². The van der Waals surface area contributed by atoms with Crippen molar-refractivity contribution >= 4 is 13.2 Å². The van der Waals surface area contributed by atoms with Crippen LogP contribution in [0, 0.1) is 0 Å². The van der Waals surface area contributed by atoms with Gasteiger partial charge in [0, 0.05) is 19.4 Å². The fourth-order valence-corrected chi connectivity index (χ4v) is 2.58. The molecule has 70 valence electrons. The number of hydrogen-bond donors (Lipinski definition) is 2. The normalized spacial score (nSPS) is 27.6. The molecular formula is C6H14N3O2P. The molecule has 0 spiro atoms. The molecule has 1 aliphatic rings. The molecule has 0 aromatic heterocycles. The zero-order chi connectivity index (χ0) is 9.35. The molecule has 0 aromatic rings. The summed E-state index contributed by atoms with van der Waals surface area (Å²) in [5, 5.41) is 0. The second kappa shape index (κ2) is 3.26. The lowest BCUT2D eigenvalue weighted by Gasteiger charge is -2.33. The van der Waals surface area contributed by atoms with E-state index in [0.29, 0.717) is 13.0 Å². The van der Waals surface area contributed by atoms with Crippen molar-refractivity contribution in [2.75, 3.05) is 13.6 Å². The summed E-state index contributed by atoms with van der Waals surface area (Å²) < 4.78 is 11.3. The van der Waals surface area contributed by atoms with E-state index in [2.05, 4.69) is 0 Å². The van der Waals surface area contributed by atoms with Gasteiger partial charge in [0.05, 0.1) is 5.78 Å². The summed E-state index contributed by atoms with van der Waals surface area (Å²) in [6, 6.07) is 0. The highest BCUT2D eigenvalue weighted by Crippen LogP contribution is 2.38. The molecule has 0 radical (unpaired) electrons. The van der Waals surface area contributed by atoms with Crippen LogP contribution < -0.4 is 11.0 Å². The first-order valence-electron chi connectivity index (χ1n) is 3.80. The van der Waals surface area contributed by atoms with Crippen LogP contribution >= 0.6 is 7.44 Å². The Hall–Kier alpha value is -0.220. The lowest BCUT2D eigenvalue weighted by molar-refractivity contribution is -0.121. The number of carbonyl (C=O) groups excluding carboxylic acids is 1. The minimum absolute atomic E-state index is 0.0919. The molecule has 1 heterocycles. The molecule has 4 N–H and O–H groups in total. The molecular weight excluding hydrogens is 177 g/mol. The van der Waals surface area contributed by atoms with Crippen molar-refractivity contribution < 1.29 is 9.36 Å². The first-order valence-corrected chi connectivity index (χ1v) is 5.71. The molecule has 1 aliphatic heterocycles. The average Bonchev–Trinajstić information content (AvgIpc) is 1.92. The van der Waals surface area contributed by atoms with E-state index in [1.54, 1.807) is 11.9 Å². The molecule has 1 unspecified atom stereocenters. The van der Waals surface area contributed by atoms with E-state index in [4.69, 9.17) is 11.0 Å². The Balaban J connectivity index is 2.74. The van der Waals surface area contributed by atoms with Gasteiger partial charge in [0.15, 0.2) is 0 Å². The van der Waals surface area contributed by atoms with Crippen molar-refractivity contribution in [3.05, 3.63) is 0 Å². The van der Waals surface area contributed by atoms with Gasteiger partial charge in [-0.05, 0) is 7.05 Å². The minimum Gasteiger partial charge on any atom is -0.300 e. The van der Waals surface area contributed by atoms with Crippen LogP contribution in [0.25, 0.3) is 0 Å². The molecule has 0 amide bonds. The first-order chi connectivity index (χ1) is 5.41. The summed E-state index contributed by atoms with van der Waals surface area (Å²) in [6.45, 7) is 0.599. The van der Waals surface area contributed by atoms with E-state index in [1.165, 1.54) is 0 Å². The third-order valence-corrected chi connectivity index (χ3v) is 3.64. The largest absolute Gasteiger partial charge is 0.300 e. The Morgan fingerprint density at radius 3 is 2.58 bits per heavy atom. The maximum absolute atomic E-state index is 11.3. The smallest absolute Gasteiger partial charge is 0.223 e. The summed E-state index contributed by atoms with van der Waals surface area (Å²) in [7, 11) is -1.35. The summed E-state index contributed by atoms with van der Waals surface area (Å²) in [6.07, 6.45) is 0.730. The third kappa shape index (κ3) is 2.14. The predicted molar refractivity (Wildman–Crippen MR) is 46.6 cm³/mol. The van der Waals surface area contributed by atoms with Crippen LogP contribution in [0.3, 0.4) is 0 Å². The van der Waals surface area contributed by atoms with Crippen molar-refractivity contribution in [1.29, 1.82) is 0 Å². The molecule has 1 fully saturated rings. The van der Waals surface area contributed by atoms with Crippen molar-refractivity contribution in [2.24, 2.45) is 11.0 Å². The van der Waals surface area contributed by atoms with E-state index in [0.717, 1.165) is 0 Å². The molecule has 6 heteroatoms. The van der Waals surface area contributed by atoms with Crippen LogP contribution in [0.5, 0.6) is 0 Å². The molecule has 1 rings (SSSR count). The maximum Gasteiger partial charge on any atom is 0.223 e. The fourth-order valence-electron chi connectivity index (χ4n) is 1.36. The highest BCUT2D eigenvalue weighted by Gasteiger charge is 2.34. The van der Waals surface area contributed by atoms with Crippen LogP contribution in [0.4, 0.5) is 0 Å². The second-order valence-electron chi connectivity index (χ2n) is 3.22. The Labute approximate surface area is 71.6 Å². The van der Waals surface area contributed by atoms with Crippen molar-refractivity contribution in [3.63, 3.8) is 0 Å². The highest BCUT2D eigenvalue weighted by atomic mass is 31.2. The van der Waals surface area contributed by atoms with Gasteiger partial charge in [0.25, 0.3) is 0 Å². The van der Waals surface area contributed by atoms with Gasteiger partial charge < -0.3 is 0 Å². The highest BCUT2D eigenvalue weighted by molar-refractivity contribution is 7.59. The van der Waals surface area contributed by atoms with Crippen molar-refractivity contribution in [2.45, 2.75) is 18.6 Å². The molecule has 1 atom stereocenters. The van der Waals surface area contributed by atoms with Gasteiger partial charge in [-0.25, -0.2) is 0 Å². The number of piperidine rings is 1. The van der Waals surface area contributed by atoms with Crippen LogP contribution in [-0.4, -0.2) is 30.1 Å². The Morgan fingerprint density at radius 2 is 2.17 bits per heavy atom. The standard InChI is InChI=1S/C6H14N3O2P/c1-9-3-2-5(10)4-6(9)12(7,8)11/h6H,2-4H2,1H3,(H4,7,8,11). The SMILES string of the molecule is CN1CCC(=O)CC1P(N)(N)=O. The molecule has 5 nitrogen and oxygen atoms in total. The van der Waals surface area contributed by atoms with Gasteiger partial charge in [0.1, 0.15) is 5.78 Å². The predicted octanol–water partition coefficient (Wildman–Crippen LogP) is -0.282. The Morgan fingerprint density at radius 1 is 1.58 bits per heavy atom. The van der Waals surface area contributed by atoms with E-state index < -0.39 is 13.2 Å². The Kier molecular flexibility index (Phi) is 2.68. The molecule has 12 heavy (non-hydrogen) atoms. The van der Waals surface area contributed by atoms with Gasteiger partial charge in [-0.15, -0.1) is 0 Å². The number of nitrogens with two attached hydrogens (primary N) is 2. The Bertz CT molecular complexity index is 237. The fraction of sp³-hybridized carbons (Fsp3) is 0.833. The molecule has 0 aromatic carbocycles. The van der Waals surface area contributed by atoms with E-state index in [1.807, 2.05) is 0 Å². The van der Waals surface area contributed by atoms with Gasteiger partial charge in [0.2, 0.25) is 7.44 Å². The average molecular weight is 191 g/mol. The molecule has 0 saturated carbocycles. The van der Waals surface area contributed by atoms with Crippen molar-refractivity contribution in [1.82, 2.24) is 4.90 Å². The number of likely N-dealkylation sites (tertiary alicyclic amines) is 1. The summed E-state index contributed by atoms with van der Waals surface area (Å²) in [5.74, 6) is -0.368. The minimum atomic E-state index is -3.13. The van der Waals surface area contributed by atoms with Crippen LogP contribution in [0.15, 0.2) is 0 Å². The molecule has 1 saturated heterocycles. The van der Waals surface area contributed by atoms with E-state index in [9.17, 15) is 9.36 Å². The second-order valence-corrected chi connectivity index (χ2v) is 5.34. The number of carbonyl (C=O) groups is 1. The van der Waals surface area contributed by atoms with Crippen LogP contribution in [0.1, 0.15) is 12.8 Å². The lowest BCUT2D eigenvalue weighted by Crippen LogP contribution is -2.42.